The zero-order valence-electron chi connectivity index (χ0n) is 16.8. The molecule has 0 aromatic heterocycles. The second-order valence-corrected chi connectivity index (χ2v) is 7.51. The standard InChI is InChI=1S/C23H29N3O2/c1-24(2)23(28)13-12-22(27)20-8-10-21(11-9-20)26-16-14-25(15-17-26)18-19-6-4-3-5-7-19/h3-11H,12-18H2,1-2H3. The Labute approximate surface area is 167 Å². The topological polar surface area (TPSA) is 43.9 Å². The molecule has 1 saturated heterocycles. The van der Waals surface area contributed by atoms with Crippen molar-refractivity contribution in [2.45, 2.75) is 19.4 Å². The molecule has 5 nitrogen and oxygen atoms in total. The molecule has 1 aliphatic heterocycles. The lowest BCUT2D eigenvalue weighted by Crippen LogP contribution is -2.45. The minimum Gasteiger partial charge on any atom is -0.369 e. The van der Waals surface area contributed by atoms with E-state index in [1.165, 1.54) is 10.5 Å². The molecule has 0 bridgehead atoms. The van der Waals surface area contributed by atoms with Crippen LogP contribution in [0.4, 0.5) is 5.69 Å². The van der Waals surface area contributed by atoms with Crippen molar-refractivity contribution < 1.29 is 9.59 Å². The van der Waals surface area contributed by atoms with Gasteiger partial charge < -0.3 is 9.80 Å². The van der Waals surface area contributed by atoms with E-state index in [1.807, 2.05) is 24.3 Å². The molecule has 1 heterocycles. The molecule has 0 N–H and O–H groups in total. The summed E-state index contributed by atoms with van der Waals surface area (Å²) >= 11 is 0. The molecular weight excluding hydrogens is 350 g/mol. The van der Waals surface area contributed by atoms with Crippen molar-refractivity contribution in [3.05, 3.63) is 65.7 Å². The van der Waals surface area contributed by atoms with E-state index in [1.54, 1.807) is 14.1 Å². The van der Waals surface area contributed by atoms with Gasteiger partial charge in [-0.15, -0.1) is 0 Å². The summed E-state index contributed by atoms with van der Waals surface area (Å²) in [6.07, 6.45) is 0.519. The summed E-state index contributed by atoms with van der Waals surface area (Å²) in [5, 5.41) is 0. The highest BCUT2D eigenvalue weighted by molar-refractivity contribution is 5.98. The van der Waals surface area contributed by atoms with Crippen LogP contribution in [0.1, 0.15) is 28.8 Å². The molecule has 0 spiro atoms. The predicted molar refractivity (Wildman–Crippen MR) is 113 cm³/mol. The first kappa shape index (κ1) is 20.1. The van der Waals surface area contributed by atoms with E-state index in [4.69, 9.17) is 0 Å². The lowest BCUT2D eigenvalue weighted by molar-refractivity contribution is -0.128. The number of hydrogen-bond acceptors (Lipinski definition) is 4. The van der Waals surface area contributed by atoms with E-state index >= 15 is 0 Å². The number of ketones is 1. The molecule has 1 aliphatic rings. The fraction of sp³-hybridized carbons (Fsp3) is 0.391. The van der Waals surface area contributed by atoms with Crippen LogP contribution in [0.25, 0.3) is 0 Å². The summed E-state index contributed by atoms with van der Waals surface area (Å²) in [5.41, 5.74) is 3.19. The summed E-state index contributed by atoms with van der Waals surface area (Å²) in [7, 11) is 3.42. The molecule has 148 valence electrons. The molecule has 1 amide bonds. The highest BCUT2D eigenvalue weighted by Crippen LogP contribution is 2.19. The van der Waals surface area contributed by atoms with Gasteiger partial charge in [-0.25, -0.2) is 0 Å². The Kier molecular flexibility index (Phi) is 6.82. The molecule has 0 atom stereocenters. The fourth-order valence-electron chi connectivity index (χ4n) is 3.45. The largest absolute Gasteiger partial charge is 0.369 e. The van der Waals surface area contributed by atoms with E-state index in [2.05, 4.69) is 40.1 Å². The van der Waals surface area contributed by atoms with Gasteiger partial charge in [-0.2, -0.15) is 0 Å². The number of anilines is 1. The molecule has 0 radical (unpaired) electrons. The molecule has 5 heteroatoms. The van der Waals surface area contributed by atoms with E-state index < -0.39 is 0 Å². The molecule has 0 saturated carbocycles. The molecule has 1 fully saturated rings. The lowest BCUT2D eigenvalue weighted by Gasteiger charge is -2.36. The number of rotatable bonds is 7. The third-order valence-electron chi connectivity index (χ3n) is 5.24. The first-order valence-corrected chi connectivity index (χ1v) is 9.87. The van der Waals surface area contributed by atoms with Gasteiger partial charge in [0.1, 0.15) is 0 Å². The van der Waals surface area contributed by atoms with Gasteiger partial charge in [-0.1, -0.05) is 30.3 Å². The van der Waals surface area contributed by atoms with Gasteiger partial charge in [0.2, 0.25) is 5.91 Å². The fourth-order valence-corrected chi connectivity index (χ4v) is 3.45. The maximum absolute atomic E-state index is 12.3. The number of piperazine rings is 1. The van der Waals surface area contributed by atoms with Crippen molar-refractivity contribution >= 4 is 17.4 Å². The Morgan fingerprint density at radius 2 is 1.50 bits per heavy atom. The van der Waals surface area contributed by atoms with Crippen LogP contribution in [-0.4, -0.2) is 61.8 Å². The van der Waals surface area contributed by atoms with Crippen molar-refractivity contribution in [3.63, 3.8) is 0 Å². The number of carbonyl (C=O) groups excluding carboxylic acids is 2. The van der Waals surface area contributed by atoms with Crippen molar-refractivity contribution in [3.8, 4) is 0 Å². The van der Waals surface area contributed by atoms with Crippen molar-refractivity contribution in [1.82, 2.24) is 9.80 Å². The van der Waals surface area contributed by atoms with Crippen molar-refractivity contribution in [2.24, 2.45) is 0 Å². The highest BCUT2D eigenvalue weighted by atomic mass is 16.2. The quantitative estimate of drug-likeness (QED) is 0.694. The van der Waals surface area contributed by atoms with Crippen LogP contribution in [0.5, 0.6) is 0 Å². The van der Waals surface area contributed by atoms with E-state index in [0.717, 1.165) is 38.4 Å². The first-order valence-electron chi connectivity index (χ1n) is 9.87. The van der Waals surface area contributed by atoms with E-state index in [9.17, 15) is 9.59 Å². The monoisotopic (exact) mass is 379 g/mol. The Hall–Kier alpha value is -2.66. The third-order valence-corrected chi connectivity index (χ3v) is 5.24. The molecule has 2 aromatic carbocycles. The van der Waals surface area contributed by atoms with Crippen molar-refractivity contribution in [1.29, 1.82) is 0 Å². The average molecular weight is 380 g/mol. The van der Waals surface area contributed by atoms with Crippen LogP contribution in [0.2, 0.25) is 0 Å². The van der Waals surface area contributed by atoms with Crippen LogP contribution in [0.3, 0.4) is 0 Å². The van der Waals surface area contributed by atoms with Gasteiger partial charge in [-0.3, -0.25) is 14.5 Å². The molecule has 0 unspecified atom stereocenters. The SMILES string of the molecule is CN(C)C(=O)CCC(=O)c1ccc(N2CCN(Cc3ccccc3)CC2)cc1. The summed E-state index contributed by atoms with van der Waals surface area (Å²) in [6, 6.07) is 18.4. The summed E-state index contributed by atoms with van der Waals surface area (Å²) in [6.45, 7) is 5.02. The van der Waals surface area contributed by atoms with Crippen LogP contribution in [-0.2, 0) is 11.3 Å². The lowest BCUT2D eigenvalue weighted by atomic mass is 10.1. The third kappa shape index (κ3) is 5.42. The van der Waals surface area contributed by atoms with Crippen LogP contribution < -0.4 is 4.90 Å². The second kappa shape index (κ2) is 9.51. The van der Waals surface area contributed by atoms with Gasteiger partial charge in [0.05, 0.1) is 0 Å². The minimum absolute atomic E-state index is 0.0154. The Morgan fingerprint density at radius 3 is 2.11 bits per heavy atom. The zero-order valence-corrected chi connectivity index (χ0v) is 16.8. The number of Topliss-reactive ketones (excluding diaryl/α,β-unsaturated/α-hetero) is 1. The maximum atomic E-state index is 12.3. The average Bonchev–Trinajstić information content (AvgIpc) is 2.73. The molecule has 3 rings (SSSR count). The van der Waals surface area contributed by atoms with Crippen LogP contribution in [0.15, 0.2) is 54.6 Å². The normalized spacial score (nSPS) is 14.7. The molecule has 28 heavy (non-hydrogen) atoms. The number of benzene rings is 2. The Bertz CT molecular complexity index is 779. The smallest absolute Gasteiger partial charge is 0.222 e. The van der Waals surface area contributed by atoms with Crippen LogP contribution >= 0.6 is 0 Å². The van der Waals surface area contributed by atoms with Gasteiger partial charge >= 0.3 is 0 Å². The number of hydrogen-bond donors (Lipinski definition) is 0. The minimum atomic E-state index is -0.0154. The molecule has 2 aromatic rings. The summed E-state index contributed by atoms with van der Waals surface area (Å²) in [5.74, 6) is 0.00720. The van der Waals surface area contributed by atoms with Crippen molar-refractivity contribution in [2.75, 3.05) is 45.2 Å². The van der Waals surface area contributed by atoms with Crippen LogP contribution in [0, 0.1) is 0 Å². The Balaban J connectivity index is 1.49. The maximum Gasteiger partial charge on any atom is 0.222 e. The predicted octanol–water partition coefficient (Wildman–Crippen LogP) is 3.06. The summed E-state index contributed by atoms with van der Waals surface area (Å²) < 4.78 is 0. The van der Waals surface area contributed by atoms with Gasteiger partial charge in [0.25, 0.3) is 0 Å². The van der Waals surface area contributed by atoms with Gasteiger partial charge in [-0.05, 0) is 29.8 Å². The summed E-state index contributed by atoms with van der Waals surface area (Å²) in [4.78, 5) is 30.3. The molecular formula is C23H29N3O2. The Morgan fingerprint density at radius 1 is 0.857 bits per heavy atom. The van der Waals surface area contributed by atoms with Gasteiger partial charge in [0, 0.05) is 70.9 Å². The van der Waals surface area contributed by atoms with Gasteiger partial charge in [0.15, 0.2) is 5.78 Å². The van der Waals surface area contributed by atoms with E-state index in [0.29, 0.717) is 5.56 Å². The van der Waals surface area contributed by atoms with E-state index in [-0.39, 0.29) is 24.5 Å². The second-order valence-electron chi connectivity index (χ2n) is 7.51. The first-order chi connectivity index (χ1) is 13.5. The number of amides is 1. The number of nitrogens with zero attached hydrogens (tertiary/aromatic N) is 3. The number of carbonyl (C=O) groups is 2. The zero-order chi connectivity index (χ0) is 19.9. The highest BCUT2D eigenvalue weighted by Gasteiger charge is 2.18. The molecule has 0 aliphatic carbocycles.